The molecule has 0 heterocycles. The van der Waals surface area contributed by atoms with E-state index in [0.717, 1.165) is 12.2 Å². The van der Waals surface area contributed by atoms with Crippen LogP contribution in [0.5, 0.6) is 5.75 Å². The van der Waals surface area contributed by atoms with Gasteiger partial charge in [0.2, 0.25) is 0 Å². The Morgan fingerprint density at radius 3 is 2.53 bits per heavy atom. The fraction of sp³-hybridized carbons (Fsp3) is 0.273. The molecule has 0 aliphatic rings. The van der Waals surface area contributed by atoms with Crippen molar-refractivity contribution in [2.75, 3.05) is 13.2 Å². The molecule has 4 heteroatoms. The van der Waals surface area contributed by atoms with Gasteiger partial charge in [-0.2, -0.15) is 0 Å². The van der Waals surface area contributed by atoms with Crippen LogP contribution < -0.4 is 10.5 Å². The van der Waals surface area contributed by atoms with Gasteiger partial charge < -0.3 is 10.5 Å². The lowest BCUT2D eigenvalue weighted by Crippen LogP contribution is -2.02. The zero-order valence-electron chi connectivity index (χ0n) is 8.25. The molecule has 0 aliphatic carbocycles. The van der Waals surface area contributed by atoms with Gasteiger partial charge in [0.05, 0.1) is 5.03 Å². The quantitative estimate of drug-likeness (QED) is 0.866. The highest BCUT2D eigenvalue weighted by atomic mass is 35.5. The summed E-state index contributed by atoms with van der Waals surface area (Å²) in [6.07, 6.45) is 0.878. The molecule has 0 unspecified atom stereocenters. The third-order valence-electron chi connectivity index (χ3n) is 1.85. The largest absolute Gasteiger partial charge is 0.488 e. The van der Waals surface area contributed by atoms with Crippen LogP contribution in [0, 0.1) is 0 Å². The third-order valence-corrected chi connectivity index (χ3v) is 2.44. The van der Waals surface area contributed by atoms with Gasteiger partial charge in [0.25, 0.3) is 0 Å². The fourth-order valence-electron chi connectivity index (χ4n) is 1.10. The van der Waals surface area contributed by atoms with Crippen molar-refractivity contribution in [3.05, 3.63) is 40.4 Å². The van der Waals surface area contributed by atoms with E-state index in [-0.39, 0.29) is 0 Å². The van der Waals surface area contributed by atoms with Gasteiger partial charge in [0, 0.05) is 5.54 Å². The molecule has 1 aromatic rings. The number of benzene rings is 1. The van der Waals surface area contributed by atoms with E-state index in [0.29, 0.717) is 18.2 Å². The second-order valence-corrected chi connectivity index (χ2v) is 3.73. The Hall–Kier alpha value is -0.700. The van der Waals surface area contributed by atoms with E-state index in [1.165, 1.54) is 11.1 Å². The SMILES string of the molecule is NCCc1ccc(OCC(Cl)=CCl)cc1. The average Bonchev–Trinajstić information content (AvgIpc) is 2.28. The van der Waals surface area contributed by atoms with Crippen molar-refractivity contribution >= 4 is 23.2 Å². The number of halogens is 2. The van der Waals surface area contributed by atoms with Gasteiger partial charge in [-0.25, -0.2) is 0 Å². The van der Waals surface area contributed by atoms with Crippen LogP contribution >= 0.6 is 23.2 Å². The van der Waals surface area contributed by atoms with Gasteiger partial charge in [-0.05, 0) is 30.7 Å². The number of hydrogen-bond donors (Lipinski definition) is 1. The Morgan fingerprint density at radius 1 is 1.33 bits per heavy atom. The molecule has 82 valence electrons. The van der Waals surface area contributed by atoms with E-state index in [2.05, 4.69) is 0 Å². The summed E-state index contributed by atoms with van der Waals surface area (Å²) < 4.78 is 5.38. The second-order valence-electron chi connectivity index (χ2n) is 3.03. The van der Waals surface area contributed by atoms with E-state index >= 15 is 0 Å². The first kappa shape index (κ1) is 12.4. The molecule has 1 aromatic carbocycles. The predicted molar refractivity (Wildman–Crippen MR) is 64.5 cm³/mol. The van der Waals surface area contributed by atoms with Crippen LogP contribution in [0.2, 0.25) is 0 Å². The molecule has 0 saturated carbocycles. The van der Waals surface area contributed by atoms with Crippen molar-refractivity contribution in [1.29, 1.82) is 0 Å². The summed E-state index contributed by atoms with van der Waals surface area (Å²) in [7, 11) is 0. The molecule has 0 aliphatic heterocycles. The summed E-state index contributed by atoms with van der Waals surface area (Å²) in [6, 6.07) is 7.76. The Labute approximate surface area is 99.6 Å². The highest BCUT2D eigenvalue weighted by Crippen LogP contribution is 2.14. The molecule has 0 amide bonds. The Balaban J connectivity index is 2.49. The second kappa shape index (κ2) is 6.72. The van der Waals surface area contributed by atoms with Gasteiger partial charge in [0.15, 0.2) is 0 Å². The Morgan fingerprint density at radius 2 is 2.00 bits per heavy atom. The van der Waals surface area contributed by atoms with Crippen LogP contribution in [0.25, 0.3) is 0 Å². The standard InChI is InChI=1S/C11H13Cl2NO/c12-7-10(13)8-15-11-3-1-9(2-4-11)5-6-14/h1-4,7H,5-6,8,14H2. The van der Waals surface area contributed by atoms with Crippen molar-refractivity contribution in [1.82, 2.24) is 0 Å². The van der Waals surface area contributed by atoms with Crippen molar-refractivity contribution in [2.24, 2.45) is 5.73 Å². The fourth-order valence-corrected chi connectivity index (χ4v) is 1.22. The summed E-state index contributed by atoms with van der Waals surface area (Å²) >= 11 is 11.1. The molecule has 1 rings (SSSR count). The zero-order valence-corrected chi connectivity index (χ0v) is 9.76. The van der Waals surface area contributed by atoms with E-state index < -0.39 is 0 Å². The molecule has 0 saturated heterocycles. The first-order valence-corrected chi connectivity index (χ1v) is 5.44. The summed E-state index contributed by atoms with van der Waals surface area (Å²) in [6.45, 7) is 0.947. The Bertz CT molecular complexity index is 322. The van der Waals surface area contributed by atoms with E-state index in [9.17, 15) is 0 Å². The lowest BCUT2D eigenvalue weighted by molar-refractivity contribution is 0.359. The summed E-state index contributed by atoms with van der Waals surface area (Å²) in [5.41, 5.74) is 7.94. The van der Waals surface area contributed by atoms with Crippen LogP contribution in [0.1, 0.15) is 5.56 Å². The van der Waals surface area contributed by atoms with Crippen LogP contribution in [-0.4, -0.2) is 13.2 Å². The maximum absolute atomic E-state index is 5.68. The van der Waals surface area contributed by atoms with E-state index in [1.807, 2.05) is 24.3 Å². The molecule has 0 aromatic heterocycles. The number of ether oxygens (including phenoxy) is 1. The maximum Gasteiger partial charge on any atom is 0.125 e. The minimum atomic E-state index is 0.293. The first-order valence-electron chi connectivity index (χ1n) is 4.63. The Kier molecular flexibility index (Phi) is 5.54. The molecule has 0 fully saturated rings. The molecular formula is C11H13Cl2NO. The van der Waals surface area contributed by atoms with Crippen LogP contribution in [-0.2, 0) is 6.42 Å². The number of rotatable bonds is 5. The molecule has 0 radical (unpaired) electrons. The zero-order chi connectivity index (χ0) is 11.1. The van der Waals surface area contributed by atoms with Crippen molar-refractivity contribution in [2.45, 2.75) is 6.42 Å². The lowest BCUT2D eigenvalue weighted by Gasteiger charge is -2.05. The molecule has 2 N–H and O–H groups in total. The molecule has 15 heavy (non-hydrogen) atoms. The normalized spacial score (nSPS) is 11.5. The minimum absolute atomic E-state index is 0.293. The first-order chi connectivity index (χ1) is 7.26. The van der Waals surface area contributed by atoms with Gasteiger partial charge in [0.1, 0.15) is 12.4 Å². The van der Waals surface area contributed by atoms with Gasteiger partial charge in [-0.15, -0.1) is 0 Å². The number of hydrogen-bond acceptors (Lipinski definition) is 2. The van der Waals surface area contributed by atoms with Crippen LogP contribution in [0.4, 0.5) is 0 Å². The minimum Gasteiger partial charge on any atom is -0.488 e. The average molecular weight is 246 g/mol. The predicted octanol–water partition coefficient (Wildman–Crippen LogP) is 2.89. The lowest BCUT2D eigenvalue weighted by atomic mass is 10.1. The third kappa shape index (κ3) is 4.56. The van der Waals surface area contributed by atoms with Crippen molar-refractivity contribution in [3.63, 3.8) is 0 Å². The van der Waals surface area contributed by atoms with Gasteiger partial charge in [-0.1, -0.05) is 35.3 Å². The van der Waals surface area contributed by atoms with Gasteiger partial charge >= 0.3 is 0 Å². The van der Waals surface area contributed by atoms with E-state index in [1.54, 1.807) is 0 Å². The van der Waals surface area contributed by atoms with Crippen molar-refractivity contribution < 1.29 is 4.74 Å². The van der Waals surface area contributed by atoms with E-state index in [4.69, 9.17) is 33.7 Å². The summed E-state index contributed by atoms with van der Waals surface area (Å²) in [5, 5.41) is 0.475. The van der Waals surface area contributed by atoms with Gasteiger partial charge in [-0.3, -0.25) is 0 Å². The molecule has 0 spiro atoms. The van der Waals surface area contributed by atoms with Crippen LogP contribution in [0.15, 0.2) is 34.8 Å². The molecule has 0 bridgehead atoms. The number of nitrogens with two attached hydrogens (primary N) is 1. The molecular weight excluding hydrogens is 233 g/mol. The topological polar surface area (TPSA) is 35.2 Å². The summed E-state index contributed by atoms with van der Waals surface area (Å²) in [4.78, 5) is 0. The summed E-state index contributed by atoms with van der Waals surface area (Å²) in [5.74, 6) is 0.771. The van der Waals surface area contributed by atoms with Crippen LogP contribution in [0.3, 0.4) is 0 Å². The molecule has 0 atom stereocenters. The highest BCUT2D eigenvalue weighted by Gasteiger charge is 1.96. The van der Waals surface area contributed by atoms with Crippen molar-refractivity contribution in [3.8, 4) is 5.75 Å². The molecule has 2 nitrogen and oxygen atoms in total. The monoisotopic (exact) mass is 245 g/mol. The smallest absolute Gasteiger partial charge is 0.125 e. The maximum atomic E-state index is 5.68. The highest BCUT2D eigenvalue weighted by molar-refractivity contribution is 6.36.